The highest BCUT2D eigenvalue weighted by Gasteiger charge is 2.09. The van der Waals surface area contributed by atoms with Crippen LogP contribution in [0.1, 0.15) is 15.9 Å². The van der Waals surface area contributed by atoms with Crippen molar-refractivity contribution in [1.82, 2.24) is 0 Å². The molecule has 0 amide bonds. The average molecular weight is 276 g/mol. The third-order valence-electron chi connectivity index (χ3n) is 2.62. The van der Waals surface area contributed by atoms with E-state index in [1.54, 1.807) is 0 Å². The maximum absolute atomic E-state index is 13.4. The molecule has 2 N–H and O–H groups in total. The van der Waals surface area contributed by atoms with Gasteiger partial charge in [-0.25, -0.2) is 8.78 Å². The summed E-state index contributed by atoms with van der Waals surface area (Å²) in [4.78, 5) is 11.8. The zero-order valence-electron chi connectivity index (χ0n) is 10.2. The molecule has 0 saturated carbocycles. The quantitative estimate of drug-likeness (QED) is 0.668. The van der Waals surface area contributed by atoms with Gasteiger partial charge in [-0.1, -0.05) is 0 Å². The summed E-state index contributed by atoms with van der Waals surface area (Å²) in [7, 11) is 0. The fourth-order valence-corrected chi connectivity index (χ4v) is 1.62. The molecule has 0 atom stereocenters. The van der Waals surface area contributed by atoms with Crippen molar-refractivity contribution < 1.29 is 23.8 Å². The number of halogens is 2. The SMILES string of the molecule is O=C(/C=C/c1ccc(F)cc1F)c1ccc(O)cc1O. The lowest BCUT2D eigenvalue weighted by Gasteiger charge is -2.01. The van der Waals surface area contributed by atoms with Crippen LogP contribution in [-0.4, -0.2) is 16.0 Å². The molecule has 102 valence electrons. The lowest BCUT2D eigenvalue weighted by Crippen LogP contribution is -1.95. The number of ketones is 1. The molecule has 0 saturated heterocycles. The Morgan fingerprint density at radius 2 is 1.80 bits per heavy atom. The van der Waals surface area contributed by atoms with E-state index < -0.39 is 17.4 Å². The minimum atomic E-state index is -0.788. The molecule has 0 heterocycles. The molecule has 0 aliphatic rings. The molecule has 2 rings (SSSR count). The summed E-state index contributed by atoms with van der Waals surface area (Å²) < 4.78 is 26.1. The highest BCUT2D eigenvalue weighted by atomic mass is 19.1. The maximum atomic E-state index is 13.4. The van der Waals surface area contributed by atoms with Crippen LogP contribution < -0.4 is 0 Å². The standard InChI is InChI=1S/C15H10F2O3/c16-10-3-1-9(13(17)7-10)2-6-14(19)12-5-4-11(18)8-15(12)20/h1-8,18,20H/b6-2+. The number of rotatable bonds is 3. The number of hydrogen-bond acceptors (Lipinski definition) is 3. The lowest BCUT2D eigenvalue weighted by atomic mass is 10.1. The summed E-state index contributed by atoms with van der Waals surface area (Å²) in [5.74, 6) is -2.61. The molecule has 0 aliphatic carbocycles. The second-order valence-electron chi connectivity index (χ2n) is 4.06. The zero-order valence-corrected chi connectivity index (χ0v) is 10.2. The van der Waals surface area contributed by atoms with E-state index in [1.165, 1.54) is 24.3 Å². The molecule has 0 spiro atoms. The Balaban J connectivity index is 2.24. The summed E-state index contributed by atoms with van der Waals surface area (Å²) in [6.45, 7) is 0. The highest BCUT2D eigenvalue weighted by molar-refractivity contribution is 6.08. The van der Waals surface area contributed by atoms with Gasteiger partial charge < -0.3 is 10.2 Å². The first kappa shape index (κ1) is 13.7. The first-order valence-corrected chi connectivity index (χ1v) is 5.67. The van der Waals surface area contributed by atoms with E-state index in [-0.39, 0.29) is 22.6 Å². The Labute approximate surface area is 113 Å². The van der Waals surface area contributed by atoms with E-state index in [0.717, 1.165) is 18.2 Å². The molecule has 2 aromatic carbocycles. The van der Waals surface area contributed by atoms with Crippen LogP contribution in [0.2, 0.25) is 0 Å². The van der Waals surface area contributed by atoms with E-state index in [1.807, 2.05) is 0 Å². The maximum Gasteiger partial charge on any atom is 0.189 e. The highest BCUT2D eigenvalue weighted by Crippen LogP contribution is 2.23. The van der Waals surface area contributed by atoms with Gasteiger partial charge in [0.1, 0.15) is 23.1 Å². The average Bonchev–Trinajstić information content (AvgIpc) is 2.37. The van der Waals surface area contributed by atoms with E-state index in [2.05, 4.69) is 0 Å². The first-order chi connectivity index (χ1) is 9.47. The van der Waals surface area contributed by atoms with Crippen molar-refractivity contribution in [2.24, 2.45) is 0 Å². The summed E-state index contributed by atoms with van der Waals surface area (Å²) in [6, 6.07) is 6.51. The summed E-state index contributed by atoms with van der Waals surface area (Å²) in [6.07, 6.45) is 2.24. The van der Waals surface area contributed by atoms with E-state index in [0.29, 0.717) is 6.07 Å². The van der Waals surface area contributed by atoms with Gasteiger partial charge in [-0.15, -0.1) is 0 Å². The van der Waals surface area contributed by atoms with Gasteiger partial charge in [0.05, 0.1) is 5.56 Å². The van der Waals surface area contributed by atoms with Crippen LogP contribution in [0.15, 0.2) is 42.5 Å². The Bertz CT molecular complexity index is 694. The van der Waals surface area contributed by atoms with Gasteiger partial charge in [0.15, 0.2) is 5.78 Å². The number of phenols is 2. The third-order valence-corrected chi connectivity index (χ3v) is 2.62. The molecule has 2 aromatic rings. The summed E-state index contributed by atoms with van der Waals surface area (Å²) in [5.41, 5.74) is 0.0274. The van der Waals surface area contributed by atoms with Crippen LogP contribution in [0.3, 0.4) is 0 Å². The Morgan fingerprint density at radius 1 is 1.05 bits per heavy atom. The van der Waals surface area contributed by atoms with Gasteiger partial charge >= 0.3 is 0 Å². The molecule has 0 aliphatic heterocycles. The van der Waals surface area contributed by atoms with Gasteiger partial charge in [0.2, 0.25) is 0 Å². The number of benzene rings is 2. The number of allylic oxidation sites excluding steroid dienone is 1. The molecule has 0 bridgehead atoms. The molecule has 3 nitrogen and oxygen atoms in total. The topological polar surface area (TPSA) is 57.5 Å². The molecule has 5 heteroatoms. The number of carbonyl (C=O) groups excluding carboxylic acids is 1. The molecular weight excluding hydrogens is 266 g/mol. The third kappa shape index (κ3) is 3.00. The predicted octanol–water partition coefficient (Wildman–Crippen LogP) is 3.27. The van der Waals surface area contributed by atoms with E-state index in [9.17, 15) is 18.7 Å². The van der Waals surface area contributed by atoms with Crippen LogP contribution in [0, 0.1) is 11.6 Å². The number of hydrogen-bond donors (Lipinski definition) is 2. The van der Waals surface area contributed by atoms with Crippen molar-refractivity contribution in [2.45, 2.75) is 0 Å². The number of carbonyl (C=O) groups is 1. The van der Waals surface area contributed by atoms with Gasteiger partial charge in [0, 0.05) is 17.7 Å². The van der Waals surface area contributed by atoms with Crippen LogP contribution in [0.5, 0.6) is 11.5 Å². The smallest absolute Gasteiger partial charge is 0.189 e. The molecule has 20 heavy (non-hydrogen) atoms. The summed E-state index contributed by atoms with van der Waals surface area (Å²) >= 11 is 0. The fourth-order valence-electron chi connectivity index (χ4n) is 1.62. The van der Waals surface area contributed by atoms with Crippen molar-refractivity contribution in [3.8, 4) is 11.5 Å². The molecule has 0 fully saturated rings. The number of aromatic hydroxyl groups is 2. The second kappa shape index (κ2) is 5.52. The molecule has 0 aromatic heterocycles. The molecule has 0 unspecified atom stereocenters. The van der Waals surface area contributed by atoms with Gasteiger partial charge in [-0.3, -0.25) is 4.79 Å². The Morgan fingerprint density at radius 3 is 2.45 bits per heavy atom. The van der Waals surface area contributed by atoms with Crippen LogP contribution in [0.4, 0.5) is 8.78 Å². The largest absolute Gasteiger partial charge is 0.508 e. The van der Waals surface area contributed by atoms with Crippen molar-refractivity contribution >= 4 is 11.9 Å². The lowest BCUT2D eigenvalue weighted by molar-refractivity contribution is 0.104. The van der Waals surface area contributed by atoms with Gasteiger partial charge in [-0.05, 0) is 36.4 Å². The van der Waals surface area contributed by atoms with Crippen molar-refractivity contribution in [3.05, 3.63) is 65.2 Å². The fraction of sp³-hybridized carbons (Fsp3) is 0. The van der Waals surface area contributed by atoms with Crippen molar-refractivity contribution in [2.75, 3.05) is 0 Å². The Kier molecular flexibility index (Phi) is 3.79. The molecular formula is C15H10F2O3. The minimum Gasteiger partial charge on any atom is -0.508 e. The normalized spacial score (nSPS) is 10.9. The van der Waals surface area contributed by atoms with Crippen LogP contribution in [0.25, 0.3) is 6.08 Å². The van der Waals surface area contributed by atoms with E-state index in [4.69, 9.17) is 5.11 Å². The van der Waals surface area contributed by atoms with Crippen LogP contribution in [-0.2, 0) is 0 Å². The first-order valence-electron chi connectivity index (χ1n) is 5.67. The molecule has 0 radical (unpaired) electrons. The van der Waals surface area contributed by atoms with Gasteiger partial charge in [-0.2, -0.15) is 0 Å². The minimum absolute atomic E-state index is 0.0263. The number of phenolic OH excluding ortho intramolecular Hbond substituents is 2. The summed E-state index contributed by atoms with van der Waals surface area (Å²) in [5, 5.41) is 18.6. The van der Waals surface area contributed by atoms with Gasteiger partial charge in [0.25, 0.3) is 0 Å². The zero-order chi connectivity index (χ0) is 14.7. The monoisotopic (exact) mass is 276 g/mol. The second-order valence-corrected chi connectivity index (χ2v) is 4.06. The van der Waals surface area contributed by atoms with Crippen LogP contribution >= 0.6 is 0 Å². The van der Waals surface area contributed by atoms with E-state index >= 15 is 0 Å². The predicted molar refractivity (Wildman–Crippen MR) is 69.5 cm³/mol. The van der Waals surface area contributed by atoms with Crippen molar-refractivity contribution in [3.63, 3.8) is 0 Å². The van der Waals surface area contributed by atoms with Crippen molar-refractivity contribution in [1.29, 1.82) is 0 Å². The Hall–Kier alpha value is -2.69.